The van der Waals surface area contributed by atoms with Crippen molar-refractivity contribution in [1.82, 2.24) is 14.9 Å². The van der Waals surface area contributed by atoms with Crippen molar-refractivity contribution in [1.29, 1.82) is 0 Å². The van der Waals surface area contributed by atoms with Crippen molar-refractivity contribution in [3.8, 4) is 11.6 Å². The number of hydrogen-bond donors (Lipinski definition) is 1. The topological polar surface area (TPSA) is 75.6 Å². The van der Waals surface area contributed by atoms with Gasteiger partial charge in [-0.15, -0.1) is 0 Å². The smallest absolute Gasteiger partial charge is 0.417 e. The van der Waals surface area contributed by atoms with Crippen LogP contribution < -0.4 is 4.74 Å². The van der Waals surface area contributed by atoms with Crippen LogP contribution in [0.2, 0.25) is 0 Å². The Morgan fingerprint density at radius 1 is 1.23 bits per heavy atom. The van der Waals surface area contributed by atoms with Crippen molar-refractivity contribution >= 4 is 16.8 Å². The van der Waals surface area contributed by atoms with Crippen molar-refractivity contribution in [2.45, 2.75) is 25.6 Å². The number of aliphatic hydroxyl groups is 1. The highest BCUT2D eigenvalue weighted by Crippen LogP contribution is 2.31. The van der Waals surface area contributed by atoms with Crippen LogP contribution in [0.15, 0.2) is 48.7 Å². The van der Waals surface area contributed by atoms with Crippen LogP contribution in [0.25, 0.3) is 10.9 Å². The van der Waals surface area contributed by atoms with Gasteiger partial charge in [-0.05, 0) is 42.7 Å². The van der Waals surface area contributed by atoms with Gasteiger partial charge in [-0.1, -0.05) is 13.0 Å². The second kappa shape index (κ2) is 8.14. The molecule has 0 aliphatic carbocycles. The number of amides is 1. The van der Waals surface area contributed by atoms with Crippen LogP contribution in [0.3, 0.4) is 0 Å². The average Bonchev–Trinajstić information content (AvgIpc) is 2.73. The Morgan fingerprint density at radius 2 is 2.03 bits per heavy atom. The molecule has 1 fully saturated rings. The minimum atomic E-state index is -4.46. The Labute approximate surface area is 176 Å². The number of pyridine rings is 2. The summed E-state index contributed by atoms with van der Waals surface area (Å²) >= 11 is 0. The van der Waals surface area contributed by atoms with Crippen LogP contribution >= 0.6 is 0 Å². The summed E-state index contributed by atoms with van der Waals surface area (Å²) in [6.07, 6.45) is -2.84. The third-order valence-electron chi connectivity index (χ3n) is 5.51. The number of carbonyl (C=O) groups excluding carboxylic acids is 1. The molecule has 31 heavy (non-hydrogen) atoms. The van der Waals surface area contributed by atoms with Gasteiger partial charge in [0.2, 0.25) is 5.88 Å². The Hall–Kier alpha value is -3.20. The van der Waals surface area contributed by atoms with Gasteiger partial charge in [-0.3, -0.25) is 4.79 Å². The highest BCUT2D eigenvalue weighted by atomic mass is 19.4. The van der Waals surface area contributed by atoms with E-state index in [2.05, 4.69) is 9.97 Å². The first-order valence-electron chi connectivity index (χ1n) is 9.84. The van der Waals surface area contributed by atoms with Gasteiger partial charge >= 0.3 is 6.18 Å². The first kappa shape index (κ1) is 21.0. The summed E-state index contributed by atoms with van der Waals surface area (Å²) < 4.78 is 43.5. The van der Waals surface area contributed by atoms with E-state index >= 15 is 0 Å². The number of nitrogens with zero attached hydrogens (tertiary/aromatic N) is 3. The van der Waals surface area contributed by atoms with Crippen LogP contribution in [-0.2, 0) is 6.18 Å². The molecule has 1 saturated heterocycles. The van der Waals surface area contributed by atoms with Crippen molar-refractivity contribution in [3.05, 3.63) is 59.9 Å². The molecule has 1 amide bonds. The van der Waals surface area contributed by atoms with Gasteiger partial charge < -0.3 is 14.7 Å². The van der Waals surface area contributed by atoms with Gasteiger partial charge in [0, 0.05) is 24.2 Å². The molecule has 4 rings (SSSR count). The van der Waals surface area contributed by atoms with Crippen molar-refractivity contribution in [3.63, 3.8) is 0 Å². The molecule has 2 atom stereocenters. The fraction of sp³-hybridized carbons (Fsp3) is 0.318. The number of likely N-dealkylation sites (tertiary alicyclic amines) is 1. The first-order valence-corrected chi connectivity index (χ1v) is 9.84. The Bertz CT molecular complexity index is 1100. The fourth-order valence-corrected chi connectivity index (χ4v) is 3.67. The van der Waals surface area contributed by atoms with Crippen molar-refractivity contribution in [2.24, 2.45) is 5.92 Å². The minimum absolute atomic E-state index is 0.0328. The molecule has 0 bridgehead atoms. The van der Waals surface area contributed by atoms with Gasteiger partial charge in [0.05, 0.1) is 23.7 Å². The van der Waals surface area contributed by atoms with Crippen LogP contribution in [0.4, 0.5) is 13.2 Å². The third-order valence-corrected chi connectivity index (χ3v) is 5.51. The highest BCUT2D eigenvalue weighted by Gasteiger charge is 2.40. The van der Waals surface area contributed by atoms with Crippen molar-refractivity contribution in [2.75, 3.05) is 13.2 Å². The number of aliphatic hydroxyl groups excluding tert-OH is 1. The number of carbonyl (C=O) groups is 1. The zero-order chi connectivity index (χ0) is 22.2. The lowest BCUT2D eigenvalue weighted by atomic mass is 9.86. The Kier molecular flexibility index (Phi) is 5.53. The predicted molar refractivity (Wildman–Crippen MR) is 107 cm³/mol. The third kappa shape index (κ3) is 4.18. The van der Waals surface area contributed by atoms with Crippen LogP contribution in [0.5, 0.6) is 11.6 Å². The van der Waals surface area contributed by atoms with Gasteiger partial charge in [0.1, 0.15) is 11.4 Å². The number of fused-ring (bicyclic) bond motifs is 1. The lowest BCUT2D eigenvalue weighted by Gasteiger charge is -2.47. The lowest BCUT2D eigenvalue weighted by molar-refractivity contribution is -0.137. The summed E-state index contributed by atoms with van der Waals surface area (Å²) in [5.41, 5.74) is 0.0147. The summed E-state index contributed by atoms with van der Waals surface area (Å²) in [4.78, 5) is 22.5. The standard InChI is InChI=1S/C22H20F3N3O3/c1-2-13-11-28(19(13)12-29)21(30)18-6-3-14-9-16(5-7-17(14)27-18)31-20-8-4-15(10-26-20)22(23,24)25/h3-10,13,19,29H,2,11-12H2,1H3/t13?,19-/m1/s1. The number of hydrogen-bond acceptors (Lipinski definition) is 5. The Balaban J connectivity index is 1.50. The SMILES string of the molecule is CCC1CN(C(=O)c2ccc3cc(Oc4ccc(C(F)(F)F)cn4)ccc3n2)[C@@H]1CO. The van der Waals surface area contributed by atoms with Gasteiger partial charge in [0.25, 0.3) is 5.91 Å². The number of benzene rings is 1. The molecule has 1 N–H and O–H groups in total. The van der Waals surface area contributed by atoms with E-state index in [4.69, 9.17) is 4.74 Å². The molecule has 9 heteroatoms. The molecule has 0 saturated carbocycles. The molecule has 2 aromatic heterocycles. The summed E-state index contributed by atoms with van der Waals surface area (Å²) in [7, 11) is 0. The molecule has 1 unspecified atom stereocenters. The molecule has 1 aliphatic heterocycles. The number of aromatic nitrogens is 2. The van der Waals surface area contributed by atoms with E-state index in [0.29, 0.717) is 41.0 Å². The Morgan fingerprint density at radius 3 is 2.68 bits per heavy atom. The molecule has 3 heterocycles. The molecule has 162 valence electrons. The van der Waals surface area contributed by atoms with Crippen LogP contribution in [-0.4, -0.2) is 45.1 Å². The summed E-state index contributed by atoms with van der Waals surface area (Å²) in [6.45, 7) is 2.56. The van der Waals surface area contributed by atoms with E-state index < -0.39 is 11.7 Å². The maximum absolute atomic E-state index is 12.7. The molecule has 0 spiro atoms. The molecule has 0 radical (unpaired) electrons. The predicted octanol–water partition coefficient (Wildman–Crippen LogP) is 4.28. The molecule has 1 aliphatic rings. The normalized spacial score (nSPS) is 18.7. The number of halogens is 3. The highest BCUT2D eigenvalue weighted by molar-refractivity contribution is 5.95. The maximum atomic E-state index is 12.7. The van der Waals surface area contributed by atoms with E-state index in [9.17, 15) is 23.1 Å². The van der Waals surface area contributed by atoms with Gasteiger partial charge in [-0.25, -0.2) is 9.97 Å². The average molecular weight is 431 g/mol. The molecular formula is C22H20F3N3O3. The monoisotopic (exact) mass is 431 g/mol. The molecule has 6 nitrogen and oxygen atoms in total. The summed E-state index contributed by atoms with van der Waals surface area (Å²) in [5.74, 6) is 0.493. The van der Waals surface area contributed by atoms with Crippen molar-refractivity contribution < 1.29 is 27.8 Å². The zero-order valence-electron chi connectivity index (χ0n) is 16.6. The number of rotatable bonds is 5. The maximum Gasteiger partial charge on any atom is 0.417 e. The van der Waals surface area contributed by atoms with Crippen LogP contribution in [0, 0.1) is 5.92 Å². The summed E-state index contributed by atoms with van der Waals surface area (Å²) in [6, 6.07) is 10.2. The lowest BCUT2D eigenvalue weighted by Crippen LogP contribution is -2.60. The van der Waals surface area contributed by atoms with Gasteiger partial charge in [-0.2, -0.15) is 13.2 Å². The zero-order valence-corrected chi connectivity index (χ0v) is 16.6. The quantitative estimate of drug-likeness (QED) is 0.653. The number of ether oxygens (including phenoxy) is 1. The molecular weight excluding hydrogens is 411 g/mol. The largest absolute Gasteiger partial charge is 0.439 e. The fourth-order valence-electron chi connectivity index (χ4n) is 3.67. The summed E-state index contributed by atoms with van der Waals surface area (Å²) in [5, 5.41) is 10.2. The minimum Gasteiger partial charge on any atom is -0.439 e. The van der Waals surface area contributed by atoms with Crippen LogP contribution in [0.1, 0.15) is 29.4 Å². The molecule has 1 aromatic carbocycles. The van der Waals surface area contributed by atoms with Gasteiger partial charge in [0.15, 0.2) is 0 Å². The first-order chi connectivity index (χ1) is 14.8. The second-order valence-electron chi connectivity index (χ2n) is 7.41. The number of alkyl halides is 3. The molecule has 3 aromatic rings. The van der Waals surface area contributed by atoms with E-state index in [1.54, 1.807) is 35.2 Å². The second-order valence-corrected chi connectivity index (χ2v) is 7.41. The van der Waals surface area contributed by atoms with E-state index in [1.807, 2.05) is 6.92 Å². The van der Waals surface area contributed by atoms with E-state index in [1.165, 1.54) is 0 Å². The van der Waals surface area contributed by atoms with E-state index in [0.717, 1.165) is 18.6 Å². The van der Waals surface area contributed by atoms with E-state index in [-0.39, 0.29) is 24.4 Å².